The molecule has 0 radical (unpaired) electrons. The molecule has 0 saturated heterocycles. The molecule has 170 valence electrons. The van der Waals surface area contributed by atoms with E-state index >= 15 is 0 Å². The zero-order valence-electron chi connectivity index (χ0n) is 18.9. The zero-order valence-corrected chi connectivity index (χ0v) is 19.7. The molecule has 0 bridgehead atoms. The minimum atomic E-state index is -0.135. The molecule has 0 spiro atoms. The highest BCUT2D eigenvalue weighted by Gasteiger charge is 2.16. The second-order valence-electron chi connectivity index (χ2n) is 7.80. The fourth-order valence-corrected chi connectivity index (χ4v) is 4.08. The highest BCUT2D eigenvalue weighted by atomic mass is 35.5. The lowest BCUT2D eigenvalue weighted by Crippen LogP contribution is -2.23. The number of hydrogen-bond acceptors (Lipinski definition) is 6. The van der Waals surface area contributed by atoms with E-state index in [1.165, 1.54) is 0 Å². The molecule has 0 unspecified atom stereocenters. The second-order valence-corrected chi connectivity index (χ2v) is 8.20. The van der Waals surface area contributed by atoms with Crippen LogP contribution in [0.3, 0.4) is 0 Å². The van der Waals surface area contributed by atoms with Crippen molar-refractivity contribution >= 4 is 28.6 Å². The molecule has 4 rings (SSSR count). The molecule has 33 heavy (non-hydrogen) atoms. The number of halogens is 1. The van der Waals surface area contributed by atoms with Gasteiger partial charge in [0.2, 0.25) is 5.95 Å². The number of nitrogens with zero attached hydrogens (tertiary/aromatic N) is 4. The fraction of sp³-hybridized carbons (Fsp3) is 0.280. The number of nitrogens with one attached hydrogen (secondary N) is 1. The van der Waals surface area contributed by atoms with E-state index in [9.17, 15) is 4.79 Å². The van der Waals surface area contributed by atoms with E-state index in [-0.39, 0.29) is 5.56 Å². The Balaban J connectivity index is 1.81. The smallest absolute Gasteiger partial charge is 0.260 e. The molecule has 0 fully saturated rings. The van der Waals surface area contributed by atoms with Crippen molar-refractivity contribution in [1.29, 1.82) is 0 Å². The summed E-state index contributed by atoms with van der Waals surface area (Å²) >= 11 is 6.69. The highest BCUT2D eigenvalue weighted by molar-refractivity contribution is 6.33. The first-order valence-electron chi connectivity index (χ1n) is 10.8. The van der Waals surface area contributed by atoms with Gasteiger partial charge in [-0.2, -0.15) is 4.98 Å². The molecule has 0 atom stereocenters. The Hall–Kier alpha value is -3.29. The van der Waals surface area contributed by atoms with Crippen molar-refractivity contribution in [3.05, 3.63) is 69.7 Å². The van der Waals surface area contributed by atoms with Gasteiger partial charge in [-0.3, -0.25) is 14.3 Å². The van der Waals surface area contributed by atoms with E-state index < -0.39 is 0 Å². The molecule has 3 aromatic heterocycles. The van der Waals surface area contributed by atoms with Crippen molar-refractivity contribution in [2.24, 2.45) is 0 Å². The molecule has 3 heterocycles. The average molecular weight is 464 g/mol. The van der Waals surface area contributed by atoms with E-state index in [4.69, 9.17) is 16.3 Å². The third-order valence-corrected chi connectivity index (χ3v) is 5.79. The van der Waals surface area contributed by atoms with Gasteiger partial charge in [0.15, 0.2) is 0 Å². The topological polar surface area (TPSA) is 81.9 Å². The molecule has 0 aliphatic rings. The molecule has 1 N–H and O–H groups in total. The van der Waals surface area contributed by atoms with Gasteiger partial charge < -0.3 is 10.1 Å². The Morgan fingerprint density at radius 2 is 1.94 bits per heavy atom. The van der Waals surface area contributed by atoms with Crippen LogP contribution < -0.4 is 10.9 Å². The minimum Gasteiger partial charge on any atom is -0.385 e. The molecule has 0 aliphatic carbocycles. The number of aromatic nitrogens is 4. The summed E-state index contributed by atoms with van der Waals surface area (Å²) in [7, 11) is 3.42. The number of unbranched alkanes of at least 4 members (excludes halogenated alkanes) is 1. The molecule has 8 heteroatoms. The fourth-order valence-electron chi connectivity index (χ4n) is 3.79. The molecular weight excluding hydrogens is 438 g/mol. The van der Waals surface area contributed by atoms with Crippen LogP contribution in [0.25, 0.3) is 33.4 Å². The summed E-state index contributed by atoms with van der Waals surface area (Å²) in [5, 5.41) is 4.20. The summed E-state index contributed by atoms with van der Waals surface area (Å²) in [4.78, 5) is 27.0. The number of rotatable bonds is 8. The maximum atomic E-state index is 13.6. The average Bonchev–Trinajstić information content (AvgIpc) is 2.82. The predicted molar refractivity (Wildman–Crippen MR) is 133 cm³/mol. The van der Waals surface area contributed by atoms with Gasteiger partial charge >= 0.3 is 0 Å². The monoisotopic (exact) mass is 463 g/mol. The number of benzene rings is 1. The summed E-state index contributed by atoms with van der Waals surface area (Å²) in [6.07, 6.45) is 3.36. The van der Waals surface area contributed by atoms with Crippen molar-refractivity contribution in [2.45, 2.75) is 26.3 Å². The number of fused-ring (bicyclic) bond motifs is 1. The highest BCUT2D eigenvalue weighted by Crippen LogP contribution is 2.31. The summed E-state index contributed by atoms with van der Waals surface area (Å²) in [5.41, 5.74) is 4.31. The van der Waals surface area contributed by atoms with Crippen molar-refractivity contribution in [3.8, 4) is 22.4 Å². The summed E-state index contributed by atoms with van der Waals surface area (Å²) in [6.45, 7) is 3.12. The number of ether oxygens (including phenoxy) is 1. The van der Waals surface area contributed by atoms with Crippen molar-refractivity contribution in [1.82, 2.24) is 19.5 Å². The lowest BCUT2D eigenvalue weighted by atomic mass is 10.0. The van der Waals surface area contributed by atoms with Crippen molar-refractivity contribution in [2.75, 3.05) is 26.1 Å². The van der Waals surface area contributed by atoms with Crippen molar-refractivity contribution in [3.63, 3.8) is 0 Å². The van der Waals surface area contributed by atoms with Gasteiger partial charge in [0.05, 0.1) is 5.69 Å². The van der Waals surface area contributed by atoms with Gasteiger partial charge in [-0.05, 0) is 44.0 Å². The maximum absolute atomic E-state index is 13.6. The quantitative estimate of drug-likeness (QED) is 0.372. The Bertz CT molecular complexity index is 1350. The van der Waals surface area contributed by atoms with Gasteiger partial charge in [-0.1, -0.05) is 29.8 Å². The minimum absolute atomic E-state index is 0.135. The van der Waals surface area contributed by atoms with Gasteiger partial charge in [0, 0.05) is 66.3 Å². The Morgan fingerprint density at radius 3 is 2.67 bits per heavy atom. The van der Waals surface area contributed by atoms with Crippen LogP contribution in [0.2, 0.25) is 5.02 Å². The molecule has 1 aromatic carbocycles. The number of pyridine rings is 2. The Morgan fingerprint density at radius 1 is 1.09 bits per heavy atom. The van der Waals surface area contributed by atoms with Crippen LogP contribution in [0.5, 0.6) is 0 Å². The number of anilines is 1. The van der Waals surface area contributed by atoms with Crippen LogP contribution in [0, 0.1) is 6.92 Å². The first kappa shape index (κ1) is 22.9. The summed E-state index contributed by atoms with van der Waals surface area (Å²) < 4.78 is 6.86. The molecule has 0 amide bonds. The Labute approximate surface area is 197 Å². The second kappa shape index (κ2) is 10.1. The van der Waals surface area contributed by atoms with Crippen molar-refractivity contribution < 1.29 is 4.74 Å². The van der Waals surface area contributed by atoms with Gasteiger partial charge in [0.1, 0.15) is 5.65 Å². The zero-order chi connectivity index (χ0) is 23.4. The van der Waals surface area contributed by atoms with Gasteiger partial charge in [0.25, 0.3) is 5.56 Å². The van der Waals surface area contributed by atoms with E-state index in [1.807, 2.05) is 49.4 Å². The standard InChI is InChI=1S/C25H26ClN5O2/c1-16-7-6-8-22(29-16)17-9-10-19(21(26)14-17)20-13-18-15-28-25(27-2)30-23(18)31(24(20)32)11-4-5-12-33-3/h6-10,13-15H,4-5,11-12H2,1-3H3,(H,27,28,30). The van der Waals surface area contributed by atoms with Crippen LogP contribution in [-0.2, 0) is 11.3 Å². The predicted octanol–water partition coefficient (Wildman–Crippen LogP) is 4.95. The molecule has 0 aliphatic heterocycles. The third-order valence-electron chi connectivity index (χ3n) is 5.47. The van der Waals surface area contributed by atoms with E-state index in [0.29, 0.717) is 40.9 Å². The van der Waals surface area contributed by atoms with E-state index in [0.717, 1.165) is 35.2 Å². The first-order valence-corrected chi connectivity index (χ1v) is 11.2. The summed E-state index contributed by atoms with van der Waals surface area (Å²) in [5.74, 6) is 0.466. The van der Waals surface area contributed by atoms with Crippen LogP contribution in [0.4, 0.5) is 5.95 Å². The van der Waals surface area contributed by atoms with Crippen LogP contribution in [0.15, 0.2) is 53.5 Å². The van der Waals surface area contributed by atoms with Crippen LogP contribution >= 0.6 is 11.6 Å². The molecule has 4 aromatic rings. The molecule has 7 nitrogen and oxygen atoms in total. The lowest BCUT2D eigenvalue weighted by Gasteiger charge is -2.14. The first-order chi connectivity index (χ1) is 16.0. The van der Waals surface area contributed by atoms with Gasteiger partial charge in [-0.15, -0.1) is 0 Å². The molecular formula is C25H26ClN5O2. The molecule has 0 saturated carbocycles. The normalized spacial score (nSPS) is 11.2. The summed E-state index contributed by atoms with van der Waals surface area (Å²) in [6, 6.07) is 13.3. The van der Waals surface area contributed by atoms with Gasteiger partial charge in [-0.25, -0.2) is 4.98 Å². The number of aryl methyl sites for hydroxylation is 2. The van der Waals surface area contributed by atoms with Crippen LogP contribution in [0.1, 0.15) is 18.5 Å². The number of methoxy groups -OCH3 is 1. The lowest BCUT2D eigenvalue weighted by molar-refractivity contribution is 0.191. The third kappa shape index (κ3) is 4.89. The van der Waals surface area contributed by atoms with E-state index in [1.54, 1.807) is 24.9 Å². The van der Waals surface area contributed by atoms with Crippen LogP contribution in [-0.4, -0.2) is 40.3 Å². The Kier molecular flexibility index (Phi) is 7.01. The van der Waals surface area contributed by atoms with E-state index in [2.05, 4.69) is 20.3 Å². The maximum Gasteiger partial charge on any atom is 0.260 e. The SMILES string of the molecule is CNc1ncc2cc(-c3ccc(-c4cccc(C)n4)cc3Cl)c(=O)n(CCCCOC)c2n1. The number of hydrogen-bond donors (Lipinski definition) is 1. The largest absolute Gasteiger partial charge is 0.385 e.